The Morgan fingerprint density at radius 1 is 0.620 bits per heavy atom. The first kappa shape index (κ1) is 32.0. The summed E-state index contributed by atoms with van der Waals surface area (Å²) in [6.07, 6.45) is 0. The zero-order valence-corrected chi connectivity index (χ0v) is 26.0. The minimum absolute atomic E-state index is 0.00669. The average molecular weight is 687 g/mol. The molecule has 8 N–H and O–H groups in total. The van der Waals surface area contributed by atoms with Crippen LogP contribution in [0.15, 0.2) is 40.9 Å². The van der Waals surface area contributed by atoms with E-state index in [0.29, 0.717) is 0 Å². The average Bonchev–Trinajstić information content (AvgIpc) is 3.89. The summed E-state index contributed by atoms with van der Waals surface area (Å²) in [4.78, 5) is 16.0. The van der Waals surface area contributed by atoms with Crippen LogP contribution in [0.1, 0.15) is 20.8 Å². The molecule has 0 amide bonds. The molecule has 50 heavy (non-hydrogen) atoms. The third-order valence-corrected chi connectivity index (χ3v) is 5.04. The first-order valence-corrected chi connectivity index (χ1v) is 13.6. The van der Waals surface area contributed by atoms with Gasteiger partial charge in [0, 0.05) is 7.05 Å². The molecule has 0 aromatic carbocycles. The van der Waals surface area contributed by atoms with E-state index in [1.165, 1.54) is 7.05 Å². The Bertz CT molecular complexity index is 2150. The first-order chi connectivity index (χ1) is 24.1. The van der Waals surface area contributed by atoms with Gasteiger partial charge in [-0.05, 0) is 20.8 Å². The molecule has 254 valence electrons. The van der Waals surface area contributed by atoms with E-state index in [1.807, 2.05) is 20.8 Å². The number of H-pyrrole nitrogens is 2. The van der Waals surface area contributed by atoms with Crippen molar-refractivity contribution in [2.75, 3.05) is 35.8 Å². The van der Waals surface area contributed by atoms with Gasteiger partial charge in [-0.25, -0.2) is 10.2 Å². The van der Waals surface area contributed by atoms with Crippen molar-refractivity contribution in [3.8, 4) is 11.9 Å². The van der Waals surface area contributed by atoms with Gasteiger partial charge >= 0.3 is 0 Å². The smallest absolute Gasteiger partial charge is 0.292 e. The van der Waals surface area contributed by atoms with Gasteiger partial charge in [-0.2, -0.15) is 49.8 Å². The molecule has 6 heterocycles. The molecule has 6 aromatic heterocycles. The van der Waals surface area contributed by atoms with Crippen molar-refractivity contribution in [3.63, 3.8) is 0 Å². The van der Waals surface area contributed by atoms with Crippen molar-refractivity contribution < 1.29 is 0 Å². The molecule has 0 unspecified atom stereocenters. The number of nitrogens with one attached hydrogen (secondary N) is 4. The largest absolute Gasteiger partial charge is 0.368 e. The van der Waals surface area contributed by atoms with E-state index in [-0.39, 0.29) is 78.0 Å². The minimum Gasteiger partial charge on any atom is -0.368 e. The Hall–Kier alpha value is -7.96. The van der Waals surface area contributed by atoms with Crippen LogP contribution >= 0.6 is 0 Å². The zero-order valence-electron chi connectivity index (χ0n) is 26.0. The maximum absolute atomic E-state index is 5.88. The van der Waals surface area contributed by atoms with Gasteiger partial charge in [-0.1, -0.05) is 0 Å². The fourth-order valence-electron chi connectivity index (χ4n) is 3.14. The molecule has 0 saturated heterocycles. The molecule has 0 bridgehead atoms. The summed E-state index contributed by atoms with van der Waals surface area (Å²) < 4.78 is 2.17. The van der Waals surface area contributed by atoms with Crippen molar-refractivity contribution in [2.45, 2.75) is 26.3 Å². The molecule has 0 saturated carbocycles. The lowest BCUT2D eigenvalue weighted by atomic mass is 10.1. The third-order valence-electron chi connectivity index (χ3n) is 5.04. The number of nitrogens with zero attached hydrogens (tertiary/aromatic N) is 26. The van der Waals surface area contributed by atoms with E-state index >= 15 is 0 Å². The van der Waals surface area contributed by atoms with Gasteiger partial charge in [0.15, 0.2) is 6.67 Å². The van der Waals surface area contributed by atoms with E-state index in [1.54, 1.807) is 0 Å². The predicted molar refractivity (Wildman–Crippen MR) is 162 cm³/mol. The molecule has 0 aliphatic carbocycles. The van der Waals surface area contributed by atoms with Crippen LogP contribution in [0.3, 0.4) is 0 Å². The van der Waals surface area contributed by atoms with E-state index in [0.717, 1.165) is 9.36 Å². The number of anilines is 6. The maximum Gasteiger partial charge on any atom is 0.292 e. The monoisotopic (exact) mass is 686 g/mol. The molecule has 32 nitrogen and oxygen atoms in total. The lowest BCUT2D eigenvalue weighted by molar-refractivity contribution is 0.549. The van der Waals surface area contributed by atoms with Crippen LogP contribution in [0.5, 0.6) is 0 Å². The summed E-state index contributed by atoms with van der Waals surface area (Å²) in [5.41, 5.74) is 11.3. The van der Waals surface area contributed by atoms with Crippen molar-refractivity contribution in [1.29, 1.82) is 0 Å². The maximum atomic E-state index is 5.88. The van der Waals surface area contributed by atoms with Gasteiger partial charge in [0.1, 0.15) is 0 Å². The van der Waals surface area contributed by atoms with Crippen molar-refractivity contribution in [2.24, 2.45) is 40.9 Å². The fraction of sp³-hybridized carbons (Fsp3) is 0.333. The van der Waals surface area contributed by atoms with Gasteiger partial charge in [-0.15, -0.1) is 81.6 Å². The number of nitrogens with two attached hydrogens (primary N) is 2. The Balaban J connectivity index is 0.992. The van der Waals surface area contributed by atoms with Crippen LogP contribution in [0, 0.1) is 0 Å². The minimum atomic E-state index is -0.420. The number of azo groups is 4. The molecule has 0 radical (unpaired) electrons. The van der Waals surface area contributed by atoms with Gasteiger partial charge in [0.05, 0.1) is 5.54 Å². The second-order valence-corrected chi connectivity index (χ2v) is 9.92. The highest BCUT2D eigenvalue weighted by Crippen LogP contribution is 2.17. The van der Waals surface area contributed by atoms with Crippen LogP contribution in [-0.2, 0) is 0 Å². The van der Waals surface area contributed by atoms with Crippen molar-refractivity contribution in [1.82, 2.24) is 101 Å². The highest BCUT2D eigenvalue weighted by molar-refractivity contribution is 5.43. The Kier molecular flexibility index (Phi) is 8.83. The molecule has 0 fully saturated rings. The lowest BCUT2D eigenvalue weighted by Gasteiger charge is -2.07. The summed E-state index contributed by atoms with van der Waals surface area (Å²) in [5.74, 6) is -0.00285. The summed E-state index contributed by atoms with van der Waals surface area (Å²) in [7, 11) is 1.49. The van der Waals surface area contributed by atoms with Crippen LogP contribution in [0.25, 0.3) is 11.9 Å². The van der Waals surface area contributed by atoms with Gasteiger partial charge < -0.3 is 11.5 Å². The standard InChI is InChI=1S/C18H22N32/c1-18(2,3)48-41-15-25-7(20)50(47-15)17-44-39-13(40-45-17)29-9-27-11(36-34-9)31-22-5-23-32-14-24-6(19)49(46-14)16-42-37-12(38-43-16)28-8-26-10(30-21-4)35-33-8/h5H2,1-4H3,(H2,19,24,46)(H2,20,25,47)(H2,26,28,33,35,37,38)(H2,27,29,34,36,39,40). The van der Waals surface area contributed by atoms with Crippen LogP contribution in [0.2, 0.25) is 0 Å². The molecule has 32 heteroatoms. The van der Waals surface area contributed by atoms with Crippen molar-refractivity contribution >= 4 is 59.5 Å². The first-order valence-electron chi connectivity index (χ1n) is 13.6. The Labute approximate surface area is 275 Å². The van der Waals surface area contributed by atoms with Crippen LogP contribution in [-0.4, -0.2) is 120 Å². The normalized spacial score (nSPS) is 12.3. The highest BCUT2D eigenvalue weighted by Gasteiger charge is 2.16. The molecule has 6 aromatic rings. The van der Waals surface area contributed by atoms with E-state index < -0.39 is 5.54 Å². The summed E-state index contributed by atoms with van der Waals surface area (Å²) >= 11 is 0. The molecule has 6 rings (SSSR count). The van der Waals surface area contributed by atoms with Gasteiger partial charge in [0.2, 0.25) is 11.9 Å². The SMILES string of the molecule is CN=Nc1nc(Nc2nnc(-n3nc(N=NCN=Nc4nc(Nc5nnc(-n6nc(N=NC(C)(C)C)nc6N)nn5)n[nH]4)nc3N)nn2)n[nH]1. The molecule has 0 atom stereocenters. The van der Waals surface area contributed by atoms with E-state index in [4.69, 9.17) is 11.5 Å². The third kappa shape index (κ3) is 8.06. The van der Waals surface area contributed by atoms with Crippen LogP contribution in [0.4, 0.5) is 59.5 Å². The quantitative estimate of drug-likeness (QED) is 0.0943. The zero-order chi connectivity index (χ0) is 35.1. The second kappa shape index (κ2) is 13.8. The second-order valence-electron chi connectivity index (χ2n) is 9.92. The number of hydrogen-bond acceptors (Lipinski definition) is 28. The van der Waals surface area contributed by atoms with Crippen LogP contribution < -0.4 is 22.1 Å². The highest BCUT2D eigenvalue weighted by atomic mass is 15.5. The van der Waals surface area contributed by atoms with Gasteiger partial charge in [0.25, 0.3) is 59.5 Å². The fourth-order valence-corrected chi connectivity index (χ4v) is 3.14. The van der Waals surface area contributed by atoms with E-state index in [9.17, 15) is 0 Å². The number of aromatic amines is 2. The molecule has 0 aliphatic rings. The number of aromatic nitrogens is 20. The summed E-state index contributed by atoms with van der Waals surface area (Å²) in [5, 5.41) is 88.3. The molecular weight excluding hydrogens is 664 g/mol. The Morgan fingerprint density at radius 2 is 1.10 bits per heavy atom. The molecule has 0 spiro atoms. The predicted octanol–water partition coefficient (Wildman–Crippen LogP) is 0.317. The lowest BCUT2D eigenvalue weighted by Crippen LogP contribution is -2.11. The number of rotatable bonds is 12. The summed E-state index contributed by atoms with van der Waals surface area (Å²) in [6, 6.07) is 0. The Morgan fingerprint density at radius 3 is 1.60 bits per heavy atom. The van der Waals surface area contributed by atoms with Gasteiger partial charge in [-0.3, -0.25) is 10.6 Å². The summed E-state index contributed by atoms with van der Waals surface area (Å²) in [6.45, 7) is 5.39. The van der Waals surface area contributed by atoms with Crippen molar-refractivity contribution in [3.05, 3.63) is 0 Å². The molecular formula is C18H22N32. The topological polar surface area (TPSA) is 423 Å². The number of nitrogen functional groups attached to an aromatic ring is 2. The number of hydrogen-bond donors (Lipinski definition) is 6. The molecule has 0 aliphatic heterocycles. The van der Waals surface area contributed by atoms with E-state index in [2.05, 4.69) is 143 Å².